The van der Waals surface area contributed by atoms with Crippen molar-refractivity contribution >= 4 is 27.0 Å². The van der Waals surface area contributed by atoms with Crippen molar-refractivity contribution in [3.63, 3.8) is 0 Å². The molecule has 0 N–H and O–H groups in total. The van der Waals surface area contributed by atoms with Crippen LogP contribution in [-0.2, 0) is 16.6 Å². The number of aromatic nitrogens is 1. The third kappa shape index (κ3) is 5.46. The van der Waals surface area contributed by atoms with E-state index in [1.54, 1.807) is 49.6 Å². The molecular weight excluding hydrogens is 444 g/mol. The first-order chi connectivity index (χ1) is 15.5. The Morgan fingerprint density at radius 1 is 0.875 bits per heavy atom. The molecule has 0 saturated heterocycles. The molecule has 0 aliphatic rings. The normalized spacial score (nSPS) is 11.2. The van der Waals surface area contributed by atoms with Crippen LogP contribution in [-0.4, -0.2) is 19.2 Å². The molecule has 0 atom stereocenters. The molecule has 0 saturated carbocycles. The zero-order chi connectivity index (χ0) is 22.4. The van der Waals surface area contributed by atoms with Crippen LogP contribution in [0.1, 0.15) is 12.5 Å². The fourth-order valence-corrected chi connectivity index (χ4v) is 4.69. The lowest BCUT2D eigenvalue weighted by Crippen LogP contribution is -2.31. The molecule has 0 amide bonds. The zero-order valence-corrected chi connectivity index (χ0v) is 19.1. The molecule has 0 aliphatic heterocycles. The van der Waals surface area contributed by atoms with Crippen molar-refractivity contribution in [2.45, 2.75) is 13.5 Å². The van der Waals surface area contributed by atoms with Gasteiger partial charge in [-0.25, -0.2) is 8.42 Å². The van der Waals surface area contributed by atoms with E-state index in [-0.39, 0.29) is 12.3 Å². The summed E-state index contributed by atoms with van der Waals surface area (Å²) in [5.41, 5.74) is 1.39. The van der Waals surface area contributed by atoms with Crippen molar-refractivity contribution in [2.24, 2.45) is 0 Å². The fourth-order valence-electron chi connectivity index (χ4n) is 2.99. The summed E-state index contributed by atoms with van der Waals surface area (Å²) in [5.74, 6) is 2.00. The molecule has 0 aliphatic carbocycles. The maximum Gasteiger partial charge on any atom is 0.235 e. The highest BCUT2D eigenvalue weighted by atomic mass is 32.2. The number of benzene rings is 2. The molecule has 2 aromatic heterocycles. The Morgan fingerprint density at radius 2 is 1.53 bits per heavy atom. The number of anilines is 1. The molecule has 8 heteroatoms. The molecule has 0 radical (unpaired) electrons. The predicted octanol–water partition coefficient (Wildman–Crippen LogP) is 6.08. The number of hydrogen-bond acceptors (Lipinski definition) is 6. The van der Waals surface area contributed by atoms with Crippen LogP contribution < -0.4 is 13.8 Å². The quantitative estimate of drug-likeness (QED) is 0.299. The third-order valence-corrected chi connectivity index (χ3v) is 7.13. The number of pyridine rings is 1. The molecule has 0 spiro atoms. The smallest absolute Gasteiger partial charge is 0.235 e. The Labute approximate surface area is 191 Å². The maximum atomic E-state index is 12.7. The van der Waals surface area contributed by atoms with E-state index in [2.05, 4.69) is 4.98 Å². The number of ether oxygens (including phenoxy) is 2. The summed E-state index contributed by atoms with van der Waals surface area (Å²) in [4.78, 5) is 4.08. The Hall–Kier alpha value is -3.36. The van der Waals surface area contributed by atoms with Gasteiger partial charge in [0.25, 0.3) is 0 Å². The lowest BCUT2D eigenvalue weighted by Gasteiger charge is -2.24. The molecule has 164 valence electrons. The molecular formula is C24H22N2O4S2. The highest BCUT2D eigenvalue weighted by Gasteiger charge is 2.21. The molecule has 2 aromatic carbocycles. The Balaban J connectivity index is 1.47. The van der Waals surface area contributed by atoms with E-state index in [1.165, 1.54) is 15.6 Å². The van der Waals surface area contributed by atoms with Gasteiger partial charge in [-0.15, -0.1) is 11.3 Å². The minimum Gasteiger partial charge on any atom is -0.457 e. The topological polar surface area (TPSA) is 68.7 Å². The molecule has 0 fully saturated rings. The standard InChI is InChI=1S/C24H22N2O4S2/c1-2-32(27,28)26(18-19-5-3-15-25-17-19)20-7-9-21(10-8-20)29-22-11-13-23(14-12-22)30-24-6-4-16-31-24/h3-17H,2,18H2,1H3. The van der Waals surface area contributed by atoms with Gasteiger partial charge in [0.15, 0.2) is 5.06 Å². The van der Waals surface area contributed by atoms with Gasteiger partial charge >= 0.3 is 0 Å². The van der Waals surface area contributed by atoms with Gasteiger partial charge in [0.05, 0.1) is 18.0 Å². The van der Waals surface area contributed by atoms with Crippen molar-refractivity contribution in [3.8, 4) is 22.3 Å². The van der Waals surface area contributed by atoms with Crippen LogP contribution in [0.5, 0.6) is 22.3 Å². The van der Waals surface area contributed by atoms with Gasteiger partial charge in [-0.3, -0.25) is 9.29 Å². The van der Waals surface area contributed by atoms with Crippen LogP contribution in [0.2, 0.25) is 0 Å². The van der Waals surface area contributed by atoms with Crippen LogP contribution in [0.3, 0.4) is 0 Å². The number of nitrogens with zero attached hydrogens (tertiary/aromatic N) is 2. The van der Waals surface area contributed by atoms with Gasteiger partial charge in [0, 0.05) is 12.4 Å². The number of hydrogen-bond donors (Lipinski definition) is 0. The largest absolute Gasteiger partial charge is 0.457 e. The average Bonchev–Trinajstić information content (AvgIpc) is 3.33. The minimum absolute atomic E-state index is 0.00536. The number of thiophene rings is 1. The van der Waals surface area contributed by atoms with Crippen LogP contribution >= 0.6 is 11.3 Å². The van der Waals surface area contributed by atoms with Gasteiger partial charge in [-0.1, -0.05) is 6.07 Å². The highest BCUT2D eigenvalue weighted by molar-refractivity contribution is 7.92. The second-order valence-corrected chi connectivity index (χ2v) is 9.96. The fraction of sp³-hybridized carbons (Fsp3) is 0.125. The van der Waals surface area contributed by atoms with Crippen molar-refractivity contribution in [3.05, 3.63) is 96.1 Å². The average molecular weight is 467 g/mol. The van der Waals surface area contributed by atoms with Crippen LogP contribution in [0.15, 0.2) is 90.6 Å². The molecule has 0 bridgehead atoms. The van der Waals surface area contributed by atoms with Crippen molar-refractivity contribution < 1.29 is 17.9 Å². The summed E-state index contributed by atoms with van der Waals surface area (Å²) >= 11 is 1.53. The SMILES string of the molecule is CCS(=O)(=O)N(Cc1cccnc1)c1ccc(Oc2ccc(Oc3cccs3)cc2)cc1. The second kappa shape index (κ2) is 9.84. The zero-order valence-electron chi connectivity index (χ0n) is 17.4. The predicted molar refractivity (Wildman–Crippen MR) is 127 cm³/mol. The summed E-state index contributed by atoms with van der Waals surface area (Å²) in [5, 5.41) is 2.78. The van der Waals surface area contributed by atoms with E-state index >= 15 is 0 Å². The van der Waals surface area contributed by atoms with Crippen LogP contribution in [0.4, 0.5) is 5.69 Å². The summed E-state index contributed by atoms with van der Waals surface area (Å²) in [6.45, 7) is 1.85. The molecule has 2 heterocycles. The second-order valence-electron chi connectivity index (χ2n) is 6.87. The Morgan fingerprint density at radius 3 is 2.09 bits per heavy atom. The van der Waals surface area contributed by atoms with E-state index in [0.717, 1.165) is 16.4 Å². The Bertz CT molecular complexity index is 1230. The summed E-state index contributed by atoms with van der Waals surface area (Å²) in [7, 11) is -3.46. The maximum absolute atomic E-state index is 12.7. The third-order valence-electron chi connectivity index (χ3n) is 4.65. The summed E-state index contributed by atoms with van der Waals surface area (Å²) in [6.07, 6.45) is 3.33. The summed E-state index contributed by atoms with van der Waals surface area (Å²) < 4.78 is 38.4. The van der Waals surface area contributed by atoms with Gasteiger partial charge in [0.1, 0.15) is 17.2 Å². The van der Waals surface area contributed by atoms with Gasteiger partial charge in [0.2, 0.25) is 10.0 Å². The monoisotopic (exact) mass is 466 g/mol. The minimum atomic E-state index is -3.46. The first-order valence-corrected chi connectivity index (χ1v) is 12.5. The first-order valence-electron chi connectivity index (χ1n) is 10.0. The first kappa shape index (κ1) is 21.9. The van der Waals surface area contributed by atoms with E-state index in [0.29, 0.717) is 17.2 Å². The lowest BCUT2D eigenvalue weighted by atomic mass is 10.2. The molecule has 32 heavy (non-hydrogen) atoms. The van der Waals surface area contributed by atoms with E-state index in [9.17, 15) is 8.42 Å². The molecule has 0 unspecified atom stereocenters. The highest BCUT2D eigenvalue weighted by Crippen LogP contribution is 2.30. The molecule has 6 nitrogen and oxygen atoms in total. The molecule has 4 aromatic rings. The van der Waals surface area contributed by atoms with Gasteiger partial charge < -0.3 is 9.47 Å². The van der Waals surface area contributed by atoms with E-state index in [1.807, 2.05) is 47.8 Å². The summed E-state index contributed by atoms with van der Waals surface area (Å²) in [6, 6.07) is 21.8. The van der Waals surface area contributed by atoms with E-state index in [4.69, 9.17) is 9.47 Å². The number of rotatable bonds is 9. The van der Waals surface area contributed by atoms with Crippen molar-refractivity contribution in [1.29, 1.82) is 0 Å². The number of sulfonamides is 1. The Kier molecular flexibility index (Phi) is 6.72. The van der Waals surface area contributed by atoms with Crippen LogP contribution in [0.25, 0.3) is 0 Å². The van der Waals surface area contributed by atoms with Crippen LogP contribution in [0, 0.1) is 0 Å². The lowest BCUT2D eigenvalue weighted by molar-refractivity contribution is 0.474. The van der Waals surface area contributed by atoms with Gasteiger partial charge in [-0.05, 0) is 84.6 Å². The van der Waals surface area contributed by atoms with Crippen molar-refractivity contribution in [1.82, 2.24) is 4.98 Å². The van der Waals surface area contributed by atoms with E-state index < -0.39 is 10.0 Å². The van der Waals surface area contributed by atoms with Gasteiger partial charge in [-0.2, -0.15) is 0 Å². The van der Waals surface area contributed by atoms with Crippen molar-refractivity contribution in [2.75, 3.05) is 10.1 Å². The molecule has 4 rings (SSSR count).